The minimum absolute atomic E-state index is 0.118. The van der Waals surface area contributed by atoms with Crippen LogP contribution in [0.5, 0.6) is 0 Å². The van der Waals surface area contributed by atoms with Crippen LogP contribution in [0, 0.1) is 11.6 Å². The summed E-state index contributed by atoms with van der Waals surface area (Å²) in [7, 11) is 1.85. The Morgan fingerprint density at radius 3 is 2.41 bits per heavy atom. The molecule has 0 aliphatic rings. The number of likely N-dealkylation sites (N-methyl/N-ethyl adjacent to an activating group) is 2. The van der Waals surface area contributed by atoms with E-state index in [0.717, 1.165) is 19.6 Å². The minimum Gasteiger partial charge on any atom is -0.316 e. The molecule has 0 aromatic heterocycles. The summed E-state index contributed by atoms with van der Waals surface area (Å²) in [6, 6.07) is 2.58. The molecular formula is C12H17BrF2N2. The Morgan fingerprint density at radius 1 is 1.29 bits per heavy atom. The fourth-order valence-corrected chi connectivity index (χ4v) is 1.92. The zero-order valence-electron chi connectivity index (χ0n) is 10.1. The average Bonchev–Trinajstić information content (AvgIpc) is 2.24. The quantitative estimate of drug-likeness (QED) is 0.813. The number of nitrogens with zero attached hydrogens (tertiary/aromatic N) is 1. The maximum atomic E-state index is 13.5. The fraction of sp³-hybridized carbons (Fsp3) is 0.500. The van der Waals surface area contributed by atoms with Gasteiger partial charge < -0.3 is 10.2 Å². The van der Waals surface area contributed by atoms with Crippen molar-refractivity contribution in [2.75, 3.05) is 26.7 Å². The highest BCUT2D eigenvalue weighted by molar-refractivity contribution is 9.10. The summed E-state index contributed by atoms with van der Waals surface area (Å²) in [6.45, 7) is 4.76. The Hall–Kier alpha value is -0.520. The topological polar surface area (TPSA) is 15.3 Å². The van der Waals surface area contributed by atoms with Crippen molar-refractivity contribution in [2.45, 2.75) is 13.5 Å². The molecule has 0 spiro atoms. The average molecular weight is 307 g/mol. The molecule has 2 nitrogen and oxygen atoms in total. The van der Waals surface area contributed by atoms with E-state index in [1.54, 1.807) is 0 Å². The maximum Gasteiger partial charge on any atom is 0.131 e. The van der Waals surface area contributed by atoms with Gasteiger partial charge in [-0.2, -0.15) is 0 Å². The van der Waals surface area contributed by atoms with Crippen LogP contribution in [-0.4, -0.2) is 31.6 Å². The number of halogens is 3. The van der Waals surface area contributed by atoms with Crippen molar-refractivity contribution in [1.29, 1.82) is 0 Å². The van der Waals surface area contributed by atoms with Crippen molar-refractivity contribution in [3.05, 3.63) is 33.8 Å². The molecule has 0 saturated heterocycles. The van der Waals surface area contributed by atoms with Crippen LogP contribution in [0.4, 0.5) is 8.78 Å². The minimum atomic E-state index is -0.507. The summed E-state index contributed by atoms with van der Waals surface area (Å²) in [4.78, 5) is 1.89. The van der Waals surface area contributed by atoms with E-state index >= 15 is 0 Å². The second-order valence-electron chi connectivity index (χ2n) is 3.94. The van der Waals surface area contributed by atoms with E-state index in [2.05, 4.69) is 21.2 Å². The smallest absolute Gasteiger partial charge is 0.131 e. The summed E-state index contributed by atoms with van der Waals surface area (Å²) >= 11 is 3.06. The standard InChI is InChI=1S/C12H17BrF2N2/c1-3-16-4-5-17(2)8-10-11(14)6-9(13)7-12(10)15/h6-7,16H,3-5,8H2,1-2H3. The second kappa shape index (κ2) is 7.03. The van der Waals surface area contributed by atoms with Gasteiger partial charge in [-0.15, -0.1) is 0 Å². The van der Waals surface area contributed by atoms with Crippen LogP contribution in [0.15, 0.2) is 16.6 Å². The molecule has 1 aromatic carbocycles. The molecule has 17 heavy (non-hydrogen) atoms. The highest BCUT2D eigenvalue weighted by Crippen LogP contribution is 2.20. The van der Waals surface area contributed by atoms with Crippen LogP contribution < -0.4 is 5.32 Å². The summed E-state index contributed by atoms with van der Waals surface area (Å²) < 4.78 is 27.5. The molecule has 0 radical (unpaired) electrons. The van der Waals surface area contributed by atoms with Crippen LogP contribution in [0.3, 0.4) is 0 Å². The summed E-state index contributed by atoms with van der Waals surface area (Å²) in [5.74, 6) is -1.01. The molecule has 1 aromatic rings. The highest BCUT2D eigenvalue weighted by atomic mass is 79.9. The van der Waals surface area contributed by atoms with Gasteiger partial charge in [0.15, 0.2) is 0 Å². The van der Waals surface area contributed by atoms with Crippen molar-refractivity contribution in [3.63, 3.8) is 0 Å². The van der Waals surface area contributed by atoms with Gasteiger partial charge in [-0.05, 0) is 25.7 Å². The lowest BCUT2D eigenvalue weighted by Crippen LogP contribution is -2.29. The first-order valence-corrected chi connectivity index (χ1v) is 6.36. The summed E-state index contributed by atoms with van der Waals surface area (Å²) in [5, 5.41) is 3.17. The first kappa shape index (κ1) is 14.5. The third-order valence-electron chi connectivity index (χ3n) is 2.45. The third kappa shape index (κ3) is 4.69. The van der Waals surface area contributed by atoms with Gasteiger partial charge in [-0.25, -0.2) is 8.78 Å². The van der Waals surface area contributed by atoms with E-state index in [-0.39, 0.29) is 12.1 Å². The number of benzene rings is 1. The molecule has 1 N–H and O–H groups in total. The zero-order chi connectivity index (χ0) is 12.8. The van der Waals surface area contributed by atoms with Crippen molar-refractivity contribution >= 4 is 15.9 Å². The van der Waals surface area contributed by atoms with Gasteiger partial charge >= 0.3 is 0 Å². The van der Waals surface area contributed by atoms with E-state index in [4.69, 9.17) is 0 Å². The van der Waals surface area contributed by atoms with Gasteiger partial charge in [0.25, 0.3) is 0 Å². The Balaban J connectivity index is 2.61. The Labute approximate surface area is 109 Å². The molecule has 0 atom stereocenters. The van der Waals surface area contributed by atoms with E-state index < -0.39 is 11.6 Å². The molecule has 0 aliphatic carbocycles. The molecule has 0 bridgehead atoms. The van der Waals surface area contributed by atoms with E-state index in [9.17, 15) is 8.78 Å². The summed E-state index contributed by atoms with van der Waals surface area (Å²) in [5.41, 5.74) is 0.118. The Morgan fingerprint density at radius 2 is 1.88 bits per heavy atom. The van der Waals surface area contributed by atoms with Crippen molar-refractivity contribution < 1.29 is 8.78 Å². The molecular weight excluding hydrogens is 290 g/mol. The molecule has 0 aliphatic heterocycles. The normalized spacial score (nSPS) is 11.2. The first-order chi connectivity index (χ1) is 8.04. The van der Waals surface area contributed by atoms with Crippen LogP contribution >= 0.6 is 15.9 Å². The fourth-order valence-electron chi connectivity index (χ4n) is 1.52. The molecule has 0 amide bonds. The number of nitrogens with one attached hydrogen (secondary N) is 1. The molecule has 0 fully saturated rings. The summed E-state index contributed by atoms with van der Waals surface area (Å²) in [6.07, 6.45) is 0. The number of hydrogen-bond donors (Lipinski definition) is 1. The lowest BCUT2D eigenvalue weighted by molar-refractivity contribution is 0.314. The zero-order valence-corrected chi connectivity index (χ0v) is 11.7. The molecule has 1 rings (SSSR count). The van der Waals surface area contributed by atoms with Crippen LogP contribution in [-0.2, 0) is 6.54 Å². The van der Waals surface area contributed by atoms with Gasteiger partial charge in [0.1, 0.15) is 11.6 Å². The second-order valence-corrected chi connectivity index (χ2v) is 4.86. The van der Waals surface area contributed by atoms with E-state index in [1.807, 2.05) is 18.9 Å². The van der Waals surface area contributed by atoms with Crippen molar-refractivity contribution in [2.24, 2.45) is 0 Å². The van der Waals surface area contributed by atoms with Crippen molar-refractivity contribution in [3.8, 4) is 0 Å². The van der Waals surface area contributed by atoms with Gasteiger partial charge in [-0.1, -0.05) is 22.9 Å². The van der Waals surface area contributed by atoms with Crippen LogP contribution in [0.1, 0.15) is 12.5 Å². The molecule has 96 valence electrons. The monoisotopic (exact) mass is 306 g/mol. The van der Waals surface area contributed by atoms with Crippen molar-refractivity contribution in [1.82, 2.24) is 10.2 Å². The number of rotatable bonds is 6. The predicted molar refractivity (Wildman–Crippen MR) is 68.9 cm³/mol. The highest BCUT2D eigenvalue weighted by Gasteiger charge is 2.12. The predicted octanol–water partition coefficient (Wildman–Crippen LogP) is 2.77. The van der Waals surface area contributed by atoms with Gasteiger partial charge in [0.2, 0.25) is 0 Å². The molecule has 0 saturated carbocycles. The lowest BCUT2D eigenvalue weighted by atomic mass is 10.2. The largest absolute Gasteiger partial charge is 0.316 e. The molecule has 0 unspecified atom stereocenters. The third-order valence-corrected chi connectivity index (χ3v) is 2.91. The SMILES string of the molecule is CCNCCN(C)Cc1c(F)cc(Br)cc1F. The lowest BCUT2D eigenvalue weighted by Gasteiger charge is -2.17. The molecule has 0 heterocycles. The van der Waals surface area contributed by atoms with Gasteiger partial charge in [-0.3, -0.25) is 0 Å². The first-order valence-electron chi connectivity index (χ1n) is 5.57. The molecule has 5 heteroatoms. The van der Waals surface area contributed by atoms with Gasteiger partial charge in [0, 0.05) is 29.7 Å². The Bertz CT molecular complexity index is 349. The maximum absolute atomic E-state index is 13.5. The van der Waals surface area contributed by atoms with E-state index in [1.165, 1.54) is 12.1 Å². The van der Waals surface area contributed by atoms with Crippen LogP contribution in [0.2, 0.25) is 0 Å². The van der Waals surface area contributed by atoms with Crippen LogP contribution in [0.25, 0.3) is 0 Å². The van der Waals surface area contributed by atoms with Gasteiger partial charge in [0.05, 0.1) is 0 Å². The Kier molecular flexibility index (Phi) is 6.02. The number of hydrogen-bond acceptors (Lipinski definition) is 2. The van der Waals surface area contributed by atoms with E-state index in [0.29, 0.717) is 4.47 Å².